The van der Waals surface area contributed by atoms with E-state index in [0.717, 1.165) is 11.3 Å². The molecule has 1 atom stereocenters. The van der Waals surface area contributed by atoms with Crippen molar-refractivity contribution in [2.24, 2.45) is 0 Å². The summed E-state index contributed by atoms with van der Waals surface area (Å²) in [4.78, 5) is 13.9. The molecule has 0 saturated carbocycles. The highest BCUT2D eigenvalue weighted by Crippen LogP contribution is 2.17. The normalized spacial score (nSPS) is 12.4. The summed E-state index contributed by atoms with van der Waals surface area (Å²) < 4.78 is 5.26. The summed E-state index contributed by atoms with van der Waals surface area (Å²) in [5.41, 5.74) is 0.990. The van der Waals surface area contributed by atoms with Gasteiger partial charge in [0.1, 0.15) is 5.76 Å². The van der Waals surface area contributed by atoms with Crippen LogP contribution < -0.4 is 5.32 Å². The van der Waals surface area contributed by atoms with Gasteiger partial charge in [-0.15, -0.1) is 0 Å². The summed E-state index contributed by atoms with van der Waals surface area (Å²) >= 11 is 5.96. The van der Waals surface area contributed by atoms with E-state index in [2.05, 4.69) is 5.32 Å². The lowest BCUT2D eigenvalue weighted by molar-refractivity contribution is -0.122. The van der Waals surface area contributed by atoms with Crippen LogP contribution in [0.2, 0.25) is 5.02 Å². The molecule has 1 N–H and O–H groups in total. The molecular weight excluding hydrogens is 288 g/mol. The largest absolute Gasteiger partial charge is 0.468 e. The van der Waals surface area contributed by atoms with Crippen molar-refractivity contribution in [3.63, 3.8) is 0 Å². The third kappa shape index (κ3) is 4.92. The number of rotatable bonds is 6. The van der Waals surface area contributed by atoms with Crippen LogP contribution in [0.1, 0.15) is 24.3 Å². The molecule has 0 aliphatic carbocycles. The van der Waals surface area contributed by atoms with Gasteiger partial charge in [-0.2, -0.15) is 0 Å². The van der Waals surface area contributed by atoms with E-state index in [9.17, 15) is 4.79 Å². The summed E-state index contributed by atoms with van der Waals surface area (Å²) in [6.45, 7) is 2.85. The second kappa shape index (κ2) is 7.29. The first-order chi connectivity index (χ1) is 10.0. The highest BCUT2D eigenvalue weighted by molar-refractivity contribution is 6.30. The number of nitrogens with zero attached hydrogens (tertiary/aromatic N) is 1. The van der Waals surface area contributed by atoms with Gasteiger partial charge in [-0.25, -0.2) is 0 Å². The first-order valence-electron chi connectivity index (χ1n) is 6.80. The van der Waals surface area contributed by atoms with Crippen LogP contribution in [-0.2, 0) is 11.3 Å². The van der Waals surface area contributed by atoms with Crippen molar-refractivity contribution in [1.82, 2.24) is 10.2 Å². The summed E-state index contributed by atoms with van der Waals surface area (Å²) in [5.74, 6) is 0.810. The van der Waals surface area contributed by atoms with Crippen molar-refractivity contribution in [2.45, 2.75) is 19.5 Å². The van der Waals surface area contributed by atoms with Crippen molar-refractivity contribution in [3.8, 4) is 0 Å². The van der Waals surface area contributed by atoms with Gasteiger partial charge in [-0.1, -0.05) is 23.7 Å². The number of likely N-dealkylation sites (N-methyl/N-ethyl adjacent to an activating group) is 1. The van der Waals surface area contributed by atoms with E-state index < -0.39 is 0 Å². The monoisotopic (exact) mass is 306 g/mol. The maximum Gasteiger partial charge on any atom is 0.234 e. The number of hydrogen-bond donors (Lipinski definition) is 1. The number of benzene rings is 1. The summed E-state index contributed by atoms with van der Waals surface area (Å²) in [7, 11) is 1.88. The lowest BCUT2D eigenvalue weighted by Crippen LogP contribution is -2.36. The average molecular weight is 307 g/mol. The van der Waals surface area contributed by atoms with Gasteiger partial charge in [0, 0.05) is 5.02 Å². The van der Waals surface area contributed by atoms with E-state index in [1.807, 2.05) is 55.3 Å². The van der Waals surface area contributed by atoms with Crippen LogP contribution in [0.25, 0.3) is 0 Å². The molecule has 2 rings (SSSR count). The van der Waals surface area contributed by atoms with E-state index in [4.69, 9.17) is 16.0 Å². The van der Waals surface area contributed by atoms with Crippen LogP contribution in [0, 0.1) is 0 Å². The molecule has 0 aliphatic rings. The Bertz CT molecular complexity index is 584. The molecule has 0 spiro atoms. The van der Waals surface area contributed by atoms with E-state index >= 15 is 0 Å². The molecule has 1 heterocycles. The van der Waals surface area contributed by atoms with Gasteiger partial charge >= 0.3 is 0 Å². The average Bonchev–Trinajstić information content (AvgIpc) is 2.91. The maximum atomic E-state index is 12.0. The zero-order valence-electron chi connectivity index (χ0n) is 12.2. The first-order valence-corrected chi connectivity index (χ1v) is 7.18. The zero-order chi connectivity index (χ0) is 15.2. The van der Waals surface area contributed by atoms with Gasteiger partial charge in [0.15, 0.2) is 0 Å². The second-order valence-electron chi connectivity index (χ2n) is 5.10. The Labute approximate surface area is 129 Å². The third-order valence-corrected chi connectivity index (χ3v) is 3.38. The van der Waals surface area contributed by atoms with Gasteiger partial charge < -0.3 is 9.73 Å². The Hall–Kier alpha value is -1.78. The Morgan fingerprint density at radius 3 is 2.86 bits per heavy atom. The van der Waals surface area contributed by atoms with Gasteiger partial charge in [0.25, 0.3) is 0 Å². The van der Waals surface area contributed by atoms with Crippen molar-refractivity contribution < 1.29 is 9.21 Å². The van der Waals surface area contributed by atoms with Crippen molar-refractivity contribution >= 4 is 17.5 Å². The minimum absolute atomic E-state index is 0.0310. The van der Waals surface area contributed by atoms with Crippen LogP contribution in [0.15, 0.2) is 47.1 Å². The van der Waals surface area contributed by atoms with E-state index in [0.29, 0.717) is 18.1 Å². The first kappa shape index (κ1) is 15.6. The number of carbonyl (C=O) groups excluding carboxylic acids is 1. The van der Waals surface area contributed by atoms with E-state index in [-0.39, 0.29) is 11.9 Å². The van der Waals surface area contributed by atoms with Crippen LogP contribution in [0.3, 0.4) is 0 Å². The molecule has 0 radical (unpaired) electrons. The molecule has 112 valence electrons. The van der Waals surface area contributed by atoms with Crippen molar-refractivity contribution in [1.29, 1.82) is 0 Å². The van der Waals surface area contributed by atoms with Crippen LogP contribution >= 0.6 is 11.6 Å². The molecule has 1 aromatic heterocycles. The molecule has 1 aromatic carbocycles. The molecule has 0 fully saturated rings. The summed E-state index contributed by atoms with van der Waals surface area (Å²) in [6.07, 6.45) is 1.63. The number of amides is 1. The third-order valence-electron chi connectivity index (χ3n) is 3.15. The number of nitrogens with one attached hydrogen (secondary N) is 1. The molecule has 0 aliphatic heterocycles. The highest BCUT2D eigenvalue weighted by atomic mass is 35.5. The lowest BCUT2D eigenvalue weighted by atomic mass is 10.1. The number of carbonyl (C=O) groups is 1. The van der Waals surface area contributed by atoms with Gasteiger partial charge in [-0.05, 0) is 43.8 Å². The standard InChI is InChI=1S/C16H19ClN2O2/c1-12(13-5-3-6-14(17)9-13)18-16(20)11-19(2)10-15-7-4-8-21-15/h3-9,12H,10-11H2,1-2H3,(H,18,20). The highest BCUT2D eigenvalue weighted by Gasteiger charge is 2.12. The van der Waals surface area contributed by atoms with Gasteiger partial charge in [-0.3, -0.25) is 9.69 Å². The van der Waals surface area contributed by atoms with Gasteiger partial charge in [0.2, 0.25) is 5.91 Å². The number of halogens is 1. The molecule has 21 heavy (non-hydrogen) atoms. The van der Waals surface area contributed by atoms with Crippen molar-refractivity contribution in [3.05, 3.63) is 59.0 Å². The van der Waals surface area contributed by atoms with Crippen LogP contribution in [0.5, 0.6) is 0 Å². The predicted octanol–water partition coefficient (Wildman–Crippen LogP) is 3.24. The van der Waals surface area contributed by atoms with Crippen LogP contribution in [0.4, 0.5) is 0 Å². The smallest absolute Gasteiger partial charge is 0.234 e. The van der Waals surface area contributed by atoms with Gasteiger partial charge in [0.05, 0.1) is 25.4 Å². The number of furan rings is 1. The molecule has 0 bridgehead atoms. The fourth-order valence-corrected chi connectivity index (χ4v) is 2.31. The van der Waals surface area contributed by atoms with E-state index in [1.54, 1.807) is 6.26 Å². The quantitative estimate of drug-likeness (QED) is 0.891. The van der Waals surface area contributed by atoms with Crippen molar-refractivity contribution in [2.75, 3.05) is 13.6 Å². The summed E-state index contributed by atoms with van der Waals surface area (Å²) in [5, 5.41) is 3.63. The molecule has 4 nitrogen and oxygen atoms in total. The molecule has 1 amide bonds. The minimum atomic E-state index is -0.0757. The Kier molecular flexibility index (Phi) is 5.42. The molecule has 1 unspecified atom stereocenters. The summed E-state index contributed by atoms with van der Waals surface area (Å²) in [6, 6.07) is 11.2. The fraction of sp³-hybridized carbons (Fsp3) is 0.312. The Morgan fingerprint density at radius 2 is 2.19 bits per heavy atom. The molecule has 5 heteroatoms. The van der Waals surface area contributed by atoms with E-state index in [1.165, 1.54) is 0 Å². The zero-order valence-corrected chi connectivity index (χ0v) is 12.9. The maximum absolute atomic E-state index is 12.0. The topological polar surface area (TPSA) is 45.5 Å². The number of hydrogen-bond acceptors (Lipinski definition) is 3. The second-order valence-corrected chi connectivity index (χ2v) is 5.53. The minimum Gasteiger partial charge on any atom is -0.468 e. The Morgan fingerprint density at radius 1 is 1.38 bits per heavy atom. The SMILES string of the molecule is CC(NC(=O)CN(C)Cc1ccco1)c1cccc(Cl)c1. The fourth-order valence-electron chi connectivity index (χ4n) is 2.12. The Balaban J connectivity index is 1.83. The molecule has 0 saturated heterocycles. The van der Waals surface area contributed by atoms with Crippen LogP contribution in [-0.4, -0.2) is 24.4 Å². The molecular formula is C16H19ClN2O2. The lowest BCUT2D eigenvalue weighted by Gasteiger charge is -2.18. The predicted molar refractivity (Wildman–Crippen MR) is 83.1 cm³/mol. The molecule has 2 aromatic rings.